The Kier molecular flexibility index (Phi) is 10.5. The number of benzene rings is 1. The van der Waals surface area contributed by atoms with Crippen molar-refractivity contribution in [3.8, 4) is 5.75 Å². The van der Waals surface area contributed by atoms with Gasteiger partial charge in [0.2, 0.25) is 0 Å². The average molecular weight is 622 g/mol. The zero-order valence-electron chi connectivity index (χ0n) is 25.1. The number of aliphatic imine (C=N–C) groups is 2. The molecule has 0 amide bonds. The third-order valence-electron chi connectivity index (χ3n) is 8.17. The fourth-order valence-corrected chi connectivity index (χ4v) is 9.91. The maximum atomic E-state index is 12.3. The largest absolute Gasteiger partial charge is 0.496 e. The average Bonchev–Trinajstić information content (AvgIpc) is 3.66. The minimum Gasteiger partial charge on any atom is -0.496 e. The molecule has 3 heterocycles. The number of aliphatic carboxylic acids is 1. The van der Waals surface area contributed by atoms with Crippen LogP contribution in [0.4, 0.5) is 0 Å². The van der Waals surface area contributed by atoms with Crippen LogP contribution in [0.3, 0.4) is 0 Å². The first-order chi connectivity index (χ1) is 19.4. The van der Waals surface area contributed by atoms with Crippen molar-refractivity contribution in [2.45, 2.75) is 89.4 Å². The highest BCUT2D eigenvalue weighted by Gasteiger charge is 2.52. The third-order valence-corrected chi connectivity index (χ3v) is 12.4. The molecule has 1 fully saturated rings. The number of nitrogens with zero attached hydrogens (tertiary/aromatic N) is 3. The Morgan fingerprint density at radius 1 is 1.24 bits per heavy atom. The number of hydrogen-bond donors (Lipinski definition) is 1. The summed E-state index contributed by atoms with van der Waals surface area (Å²) in [6, 6.07) is 6.30. The van der Waals surface area contributed by atoms with E-state index < -0.39 is 23.0 Å². The highest BCUT2D eigenvalue weighted by atomic mass is 32.2. The summed E-state index contributed by atoms with van der Waals surface area (Å²) in [5.74, 6) is 1.60. The number of rotatable bonds is 12. The van der Waals surface area contributed by atoms with E-state index in [1.54, 1.807) is 25.8 Å². The van der Waals surface area contributed by atoms with Crippen molar-refractivity contribution in [3.63, 3.8) is 0 Å². The molecular formula is C30H43N3O5S3. The van der Waals surface area contributed by atoms with Crippen LogP contribution in [0.25, 0.3) is 0 Å². The van der Waals surface area contributed by atoms with E-state index in [1.807, 2.05) is 31.7 Å². The van der Waals surface area contributed by atoms with Crippen molar-refractivity contribution in [1.29, 1.82) is 0 Å². The summed E-state index contributed by atoms with van der Waals surface area (Å²) in [5.41, 5.74) is 0.589. The molecule has 0 aliphatic carbocycles. The van der Waals surface area contributed by atoms with Gasteiger partial charge in [-0.2, -0.15) is 0 Å². The van der Waals surface area contributed by atoms with E-state index in [0.29, 0.717) is 5.75 Å². The van der Waals surface area contributed by atoms with E-state index in [2.05, 4.69) is 36.0 Å². The van der Waals surface area contributed by atoms with Gasteiger partial charge in [0.15, 0.2) is 5.54 Å². The minimum absolute atomic E-state index is 0.0657. The Balaban J connectivity index is 1.57. The number of thioether (sulfide) groups is 3. The second-order valence-electron chi connectivity index (χ2n) is 11.8. The van der Waals surface area contributed by atoms with Crippen LogP contribution >= 0.6 is 35.3 Å². The first kappa shape index (κ1) is 32.2. The zero-order chi connectivity index (χ0) is 29.9. The molecule has 5 atom stereocenters. The fourth-order valence-electron chi connectivity index (χ4n) is 5.68. The van der Waals surface area contributed by atoms with Crippen LogP contribution < -0.4 is 4.74 Å². The summed E-state index contributed by atoms with van der Waals surface area (Å²) < 4.78 is 11.8. The summed E-state index contributed by atoms with van der Waals surface area (Å²) >= 11 is 5.09. The van der Waals surface area contributed by atoms with Crippen molar-refractivity contribution in [2.75, 3.05) is 31.4 Å². The van der Waals surface area contributed by atoms with Gasteiger partial charge in [-0.1, -0.05) is 45.7 Å². The molecule has 1 saturated heterocycles. The summed E-state index contributed by atoms with van der Waals surface area (Å²) in [6.07, 6.45) is 4.04. The van der Waals surface area contributed by atoms with Gasteiger partial charge in [0.25, 0.3) is 0 Å². The molecular weight excluding hydrogens is 579 g/mol. The van der Waals surface area contributed by atoms with Crippen molar-refractivity contribution in [2.24, 2.45) is 15.4 Å². The first-order valence-electron chi connectivity index (χ1n) is 14.3. The molecule has 0 radical (unpaired) electrons. The van der Waals surface area contributed by atoms with Gasteiger partial charge in [-0.3, -0.25) is 19.7 Å². The molecule has 0 unspecified atom stereocenters. The van der Waals surface area contributed by atoms with Gasteiger partial charge in [0, 0.05) is 24.2 Å². The zero-order valence-corrected chi connectivity index (χ0v) is 27.6. The number of unbranched alkanes of at least 4 members (excludes halogenated alkanes) is 2. The summed E-state index contributed by atoms with van der Waals surface area (Å²) in [6.45, 7) is 9.31. The van der Waals surface area contributed by atoms with Gasteiger partial charge in [0.1, 0.15) is 16.9 Å². The first-order valence-corrected chi connectivity index (χ1v) is 17.3. The molecule has 226 valence electrons. The highest BCUT2D eigenvalue weighted by molar-refractivity contribution is 8.15. The molecule has 0 spiro atoms. The maximum absolute atomic E-state index is 12.3. The predicted octanol–water partition coefficient (Wildman–Crippen LogP) is 5.61. The molecule has 3 aliphatic rings. The number of hydrogen-bond acceptors (Lipinski definition) is 10. The van der Waals surface area contributed by atoms with Crippen molar-refractivity contribution >= 4 is 57.3 Å². The van der Waals surface area contributed by atoms with E-state index in [0.717, 1.165) is 45.7 Å². The standard InChI is InChI=1S/C30H43N3O5S3/c1-8-9-10-12-19-13-11-14-22(37-7)23(19)25-31-20(15-39-25)26-33(6)21(16-40-26)24(38-18(2)34)29(3,4)27-32-30(5,17-41-27)28(35)36/h11,13-14,20-21,24,26H,8-10,12,15-17H2,1-7H3,(H,35,36)/t20-,21+,24-,26-,30-/m1/s1. The Hall–Kier alpha value is -1.69. The van der Waals surface area contributed by atoms with Crippen LogP contribution in [0.2, 0.25) is 0 Å². The van der Waals surface area contributed by atoms with Crippen LogP contribution in [-0.2, 0) is 20.7 Å². The summed E-state index contributed by atoms with van der Waals surface area (Å²) in [4.78, 5) is 36.4. The van der Waals surface area contributed by atoms with E-state index >= 15 is 0 Å². The number of carbonyl (C=O) groups is 2. The van der Waals surface area contributed by atoms with Gasteiger partial charge in [-0.25, -0.2) is 4.79 Å². The van der Waals surface area contributed by atoms with Gasteiger partial charge < -0.3 is 14.6 Å². The lowest BCUT2D eigenvalue weighted by molar-refractivity contribution is -0.154. The fraction of sp³-hybridized carbons (Fsp3) is 0.667. The Morgan fingerprint density at radius 2 is 2.00 bits per heavy atom. The number of carboxylic acid groups (broad SMARTS) is 1. The lowest BCUT2D eigenvalue weighted by Gasteiger charge is -2.40. The van der Waals surface area contributed by atoms with Crippen LogP contribution in [0.5, 0.6) is 5.75 Å². The van der Waals surface area contributed by atoms with Gasteiger partial charge in [0.05, 0.1) is 40.6 Å². The number of aryl methyl sites for hydroxylation is 1. The van der Waals surface area contributed by atoms with Gasteiger partial charge >= 0.3 is 11.9 Å². The highest BCUT2D eigenvalue weighted by Crippen LogP contribution is 2.45. The molecule has 41 heavy (non-hydrogen) atoms. The van der Waals surface area contributed by atoms with E-state index in [1.165, 1.54) is 37.1 Å². The van der Waals surface area contributed by atoms with Gasteiger partial charge in [-0.15, -0.1) is 35.3 Å². The van der Waals surface area contributed by atoms with Crippen LogP contribution in [0.1, 0.15) is 65.0 Å². The number of esters is 1. The molecule has 1 aromatic rings. The third kappa shape index (κ3) is 6.78. The van der Waals surface area contributed by atoms with Crippen molar-refractivity contribution < 1.29 is 24.2 Å². The van der Waals surface area contributed by atoms with E-state index in [9.17, 15) is 14.7 Å². The monoisotopic (exact) mass is 621 g/mol. The molecule has 0 aromatic heterocycles. The second-order valence-corrected chi connectivity index (χ2v) is 14.9. The van der Waals surface area contributed by atoms with Crippen LogP contribution in [0.15, 0.2) is 28.2 Å². The summed E-state index contributed by atoms with van der Waals surface area (Å²) in [7, 11) is 3.81. The number of likely N-dealkylation sites (N-methyl/N-ethyl adjacent to an activating group) is 1. The van der Waals surface area contributed by atoms with Crippen LogP contribution in [-0.4, -0.2) is 92.5 Å². The molecule has 8 nitrogen and oxygen atoms in total. The Morgan fingerprint density at radius 3 is 2.63 bits per heavy atom. The maximum Gasteiger partial charge on any atom is 0.332 e. The number of carboxylic acids is 1. The quantitative estimate of drug-likeness (QED) is 0.236. The van der Waals surface area contributed by atoms with E-state index in [4.69, 9.17) is 14.5 Å². The van der Waals surface area contributed by atoms with Gasteiger partial charge in [-0.05, 0) is 38.4 Å². The Labute approximate surface area is 256 Å². The van der Waals surface area contributed by atoms with Crippen molar-refractivity contribution in [1.82, 2.24) is 4.90 Å². The lowest BCUT2D eigenvalue weighted by atomic mass is 9.82. The SMILES string of the molecule is CCCCCc1cccc(OC)c1C1=N[C@@H]([C@H]2SC[C@@H]([C@@H](OC(C)=O)C(C)(C)C3=N[C@@](C)(C(=O)O)CS3)N2C)CS1. The van der Waals surface area contributed by atoms with Crippen molar-refractivity contribution in [3.05, 3.63) is 29.3 Å². The topological polar surface area (TPSA) is 101 Å². The Bertz CT molecular complexity index is 1210. The molecule has 1 aromatic carbocycles. The van der Waals surface area contributed by atoms with Crippen LogP contribution in [0, 0.1) is 5.41 Å². The number of carbonyl (C=O) groups excluding carboxylic acids is 1. The molecule has 3 aliphatic heterocycles. The lowest BCUT2D eigenvalue weighted by Crippen LogP contribution is -2.53. The summed E-state index contributed by atoms with van der Waals surface area (Å²) in [5, 5.41) is 11.6. The van der Waals surface area contributed by atoms with E-state index in [-0.39, 0.29) is 23.4 Å². The number of ether oxygens (including phenoxy) is 2. The smallest absolute Gasteiger partial charge is 0.332 e. The minimum atomic E-state index is -1.17. The molecule has 1 N–H and O–H groups in total. The second kappa shape index (κ2) is 13.3. The molecule has 4 rings (SSSR count). The molecule has 11 heteroatoms. The normalized spacial score (nSPS) is 27.4. The molecule has 0 bridgehead atoms. The number of methoxy groups -OCH3 is 1. The predicted molar refractivity (Wildman–Crippen MR) is 172 cm³/mol. The molecule has 0 saturated carbocycles.